The molecule has 5 aliphatic rings. The molecule has 5 rings (SSSR count). The summed E-state index contributed by atoms with van der Waals surface area (Å²) < 4.78 is 11.7. The highest BCUT2D eigenvalue weighted by molar-refractivity contribution is 5.66. The van der Waals surface area contributed by atoms with E-state index in [1.165, 1.54) is 18.9 Å². The molecule has 1 heterocycles. The Bertz CT molecular complexity index is 698. The average molecular weight is 375 g/mol. The third kappa shape index (κ3) is 2.20. The van der Waals surface area contributed by atoms with E-state index < -0.39 is 0 Å². The van der Waals surface area contributed by atoms with Crippen molar-refractivity contribution in [2.45, 2.75) is 96.6 Å². The Morgan fingerprint density at radius 3 is 2.78 bits per heavy atom. The van der Waals surface area contributed by atoms with Gasteiger partial charge < -0.3 is 14.6 Å². The fourth-order valence-electron chi connectivity index (χ4n) is 8.21. The van der Waals surface area contributed by atoms with Crippen LogP contribution in [0.25, 0.3) is 0 Å². The van der Waals surface area contributed by atoms with Crippen LogP contribution in [0.2, 0.25) is 0 Å². The number of aliphatic hydroxyl groups is 1. The molecule has 0 spiro atoms. The molecule has 27 heavy (non-hydrogen) atoms. The molecule has 0 amide bonds. The summed E-state index contributed by atoms with van der Waals surface area (Å²) in [4.78, 5) is 11.4. The first-order valence-electron chi connectivity index (χ1n) is 10.9. The first kappa shape index (κ1) is 18.2. The van der Waals surface area contributed by atoms with Gasteiger partial charge in [0.25, 0.3) is 0 Å². The van der Waals surface area contributed by atoms with Crippen LogP contribution in [0.3, 0.4) is 0 Å². The zero-order valence-electron chi connectivity index (χ0n) is 17.2. The molecule has 4 fully saturated rings. The van der Waals surface area contributed by atoms with E-state index >= 15 is 0 Å². The SMILES string of the molecule is CC(=O)O[C@@H]1CC[C@]2(C)C(=CC[C@@H]3C4C[C@@H]5O[C@]5(C(C)O)[C@]4(C)CC[C@H]32)C1. The van der Waals surface area contributed by atoms with Gasteiger partial charge in [-0.05, 0) is 68.6 Å². The van der Waals surface area contributed by atoms with Crippen molar-refractivity contribution >= 4 is 5.97 Å². The zero-order valence-corrected chi connectivity index (χ0v) is 17.2. The van der Waals surface area contributed by atoms with E-state index in [-0.39, 0.29) is 40.7 Å². The van der Waals surface area contributed by atoms with Crippen LogP contribution in [0.1, 0.15) is 72.6 Å². The lowest BCUT2D eigenvalue weighted by Crippen LogP contribution is -2.55. The zero-order chi connectivity index (χ0) is 19.2. The van der Waals surface area contributed by atoms with Crippen molar-refractivity contribution in [3.8, 4) is 0 Å². The number of hydrogen-bond acceptors (Lipinski definition) is 4. The molecule has 1 saturated heterocycles. The van der Waals surface area contributed by atoms with E-state index in [1.54, 1.807) is 0 Å². The van der Waals surface area contributed by atoms with E-state index in [0.717, 1.165) is 44.4 Å². The first-order chi connectivity index (χ1) is 12.7. The Kier molecular flexibility index (Phi) is 3.77. The first-order valence-corrected chi connectivity index (χ1v) is 10.9. The Morgan fingerprint density at radius 1 is 1.30 bits per heavy atom. The molecule has 2 unspecified atom stereocenters. The summed E-state index contributed by atoms with van der Waals surface area (Å²) in [5, 5.41) is 10.5. The van der Waals surface area contributed by atoms with E-state index in [2.05, 4.69) is 19.9 Å². The molecule has 4 aliphatic carbocycles. The number of epoxide rings is 1. The van der Waals surface area contributed by atoms with Gasteiger partial charge in [-0.2, -0.15) is 0 Å². The third-order valence-corrected chi connectivity index (χ3v) is 9.52. The maximum absolute atomic E-state index is 11.4. The van der Waals surface area contributed by atoms with Crippen molar-refractivity contribution in [2.24, 2.45) is 28.6 Å². The Labute approximate surface area is 162 Å². The maximum Gasteiger partial charge on any atom is 0.302 e. The van der Waals surface area contributed by atoms with Crippen LogP contribution in [0.15, 0.2) is 11.6 Å². The van der Waals surface area contributed by atoms with Crippen molar-refractivity contribution in [3.05, 3.63) is 11.6 Å². The second kappa shape index (κ2) is 5.60. The van der Waals surface area contributed by atoms with Crippen LogP contribution in [0.5, 0.6) is 0 Å². The molecule has 150 valence electrons. The van der Waals surface area contributed by atoms with Crippen LogP contribution >= 0.6 is 0 Å². The molecule has 0 bridgehead atoms. The van der Waals surface area contributed by atoms with Gasteiger partial charge in [-0.25, -0.2) is 0 Å². The van der Waals surface area contributed by atoms with Crippen molar-refractivity contribution in [1.82, 2.24) is 0 Å². The van der Waals surface area contributed by atoms with E-state index in [9.17, 15) is 9.90 Å². The van der Waals surface area contributed by atoms with Gasteiger partial charge in [0.15, 0.2) is 0 Å². The molecule has 0 aromatic carbocycles. The van der Waals surface area contributed by atoms with Gasteiger partial charge in [0.2, 0.25) is 0 Å². The molecule has 1 N–H and O–H groups in total. The van der Waals surface area contributed by atoms with Crippen LogP contribution in [0.4, 0.5) is 0 Å². The summed E-state index contributed by atoms with van der Waals surface area (Å²) in [6, 6.07) is 0. The normalized spacial score (nSPS) is 54.0. The highest BCUT2D eigenvalue weighted by Gasteiger charge is 2.78. The minimum absolute atomic E-state index is 0.0678. The molecule has 4 heteroatoms. The Morgan fingerprint density at radius 2 is 2.07 bits per heavy atom. The Balaban J connectivity index is 1.42. The van der Waals surface area contributed by atoms with Crippen molar-refractivity contribution < 1.29 is 19.4 Å². The van der Waals surface area contributed by atoms with Gasteiger partial charge in [-0.15, -0.1) is 0 Å². The summed E-state index contributed by atoms with van der Waals surface area (Å²) in [5.41, 5.74) is 1.63. The molecule has 0 aromatic rings. The molecule has 4 nitrogen and oxygen atoms in total. The van der Waals surface area contributed by atoms with Crippen LogP contribution < -0.4 is 0 Å². The van der Waals surface area contributed by atoms with Gasteiger partial charge in [-0.3, -0.25) is 4.79 Å². The van der Waals surface area contributed by atoms with Gasteiger partial charge >= 0.3 is 5.97 Å². The highest BCUT2D eigenvalue weighted by atomic mass is 16.6. The maximum atomic E-state index is 11.4. The lowest BCUT2D eigenvalue weighted by Gasteiger charge is -2.58. The molecule has 0 aromatic heterocycles. The van der Waals surface area contributed by atoms with Crippen molar-refractivity contribution in [1.29, 1.82) is 0 Å². The lowest BCUT2D eigenvalue weighted by atomic mass is 9.47. The van der Waals surface area contributed by atoms with Crippen LogP contribution in [-0.2, 0) is 14.3 Å². The van der Waals surface area contributed by atoms with Crippen molar-refractivity contribution in [2.75, 3.05) is 0 Å². The number of carbonyl (C=O) groups excluding carboxylic acids is 1. The van der Waals surface area contributed by atoms with Crippen molar-refractivity contribution in [3.63, 3.8) is 0 Å². The predicted octanol–water partition coefficient (Wildman–Crippen LogP) is 4.01. The van der Waals surface area contributed by atoms with E-state index in [0.29, 0.717) is 11.8 Å². The standard InChI is InChI=1S/C23H34O4/c1-13(24)23-20(27-23)12-19-17-6-5-15-11-16(26-14(2)25)7-9-21(15,3)18(17)8-10-22(19,23)4/h5,13,16-20,24H,6-12H2,1-4H3/t13?,16-,17+,18-,19?,20+,21-,22-,23+/m1/s1. The minimum atomic E-state index is -0.376. The summed E-state index contributed by atoms with van der Waals surface area (Å²) in [5.74, 6) is 1.93. The summed E-state index contributed by atoms with van der Waals surface area (Å²) in [7, 11) is 0. The number of aliphatic hydroxyl groups excluding tert-OH is 1. The summed E-state index contributed by atoms with van der Waals surface area (Å²) in [6.07, 6.45) is 10.1. The average Bonchev–Trinajstić information content (AvgIpc) is 3.27. The van der Waals surface area contributed by atoms with E-state index in [1.807, 2.05) is 6.92 Å². The summed E-state index contributed by atoms with van der Waals surface area (Å²) >= 11 is 0. The van der Waals surface area contributed by atoms with Crippen LogP contribution in [0, 0.1) is 28.6 Å². The number of esters is 1. The molecule has 3 saturated carbocycles. The summed E-state index contributed by atoms with van der Waals surface area (Å²) in [6.45, 7) is 8.31. The largest absolute Gasteiger partial charge is 0.462 e. The fourth-order valence-corrected chi connectivity index (χ4v) is 8.21. The van der Waals surface area contributed by atoms with Gasteiger partial charge in [0, 0.05) is 18.8 Å². The monoisotopic (exact) mass is 374 g/mol. The topological polar surface area (TPSA) is 59.1 Å². The fraction of sp³-hybridized carbons (Fsp3) is 0.870. The quantitative estimate of drug-likeness (QED) is 0.451. The second-order valence-electron chi connectivity index (χ2n) is 10.5. The van der Waals surface area contributed by atoms with E-state index in [4.69, 9.17) is 9.47 Å². The molecular formula is C23H34O4. The van der Waals surface area contributed by atoms with Gasteiger partial charge in [0.05, 0.1) is 12.2 Å². The highest BCUT2D eigenvalue weighted by Crippen LogP contribution is 2.73. The smallest absolute Gasteiger partial charge is 0.302 e. The lowest BCUT2D eigenvalue weighted by molar-refractivity contribution is -0.149. The Hall–Kier alpha value is -0.870. The van der Waals surface area contributed by atoms with Gasteiger partial charge in [-0.1, -0.05) is 25.5 Å². The predicted molar refractivity (Wildman–Crippen MR) is 102 cm³/mol. The molecular weight excluding hydrogens is 340 g/mol. The number of ether oxygens (including phenoxy) is 2. The minimum Gasteiger partial charge on any atom is -0.462 e. The third-order valence-electron chi connectivity index (χ3n) is 9.52. The number of fused-ring (bicyclic) bond motifs is 7. The van der Waals surface area contributed by atoms with Crippen LogP contribution in [-0.4, -0.2) is 35.0 Å². The molecule has 9 atom stereocenters. The second-order valence-corrected chi connectivity index (χ2v) is 10.5. The number of carbonyl (C=O) groups is 1. The number of rotatable bonds is 2. The molecule has 1 aliphatic heterocycles. The number of hydrogen-bond donors (Lipinski definition) is 1. The van der Waals surface area contributed by atoms with Gasteiger partial charge in [0.1, 0.15) is 11.7 Å². The number of allylic oxidation sites excluding steroid dienone is 1. The molecule has 0 radical (unpaired) electrons.